The average Bonchev–Trinajstić information content (AvgIpc) is 3.14. The normalized spacial score (nSPS) is 10.6. The van der Waals surface area contributed by atoms with E-state index >= 15 is 0 Å². The molecule has 0 N–H and O–H groups in total. The van der Waals surface area contributed by atoms with Crippen LogP contribution in [0.5, 0.6) is 0 Å². The standard InChI is InChI=1S/C20H18O5/c1-3-23-19(21)16-12-15(13-8-6-5-7-9-14(13)16)17-10-11-18(25-17)20(22)24-4-2/h5-12H,3-4H2,1-2H3. The summed E-state index contributed by atoms with van der Waals surface area (Å²) in [6.45, 7) is 4.07. The Labute approximate surface area is 145 Å². The molecule has 0 spiro atoms. The fraction of sp³-hybridized carbons (Fsp3) is 0.200. The summed E-state index contributed by atoms with van der Waals surface area (Å²) >= 11 is 0. The van der Waals surface area contributed by atoms with E-state index in [4.69, 9.17) is 13.9 Å². The lowest BCUT2D eigenvalue weighted by atomic mass is 10.1. The van der Waals surface area contributed by atoms with Crippen LogP contribution < -0.4 is 0 Å². The lowest BCUT2D eigenvalue weighted by molar-refractivity contribution is 0.0488. The van der Waals surface area contributed by atoms with Gasteiger partial charge in [-0.2, -0.15) is 0 Å². The van der Waals surface area contributed by atoms with Gasteiger partial charge >= 0.3 is 11.9 Å². The second-order valence-corrected chi connectivity index (χ2v) is 5.31. The Morgan fingerprint density at radius 3 is 2.24 bits per heavy atom. The highest BCUT2D eigenvalue weighted by atomic mass is 16.5. The molecule has 1 aromatic rings. The van der Waals surface area contributed by atoms with Crippen LogP contribution in [0.3, 0.4) is 0 Å². The molecule has 128 valence electrons. The molecule has 0 bridgehead atoms. The predicted molar refractivity (Wildman–Crippen MR) is 92.7 cm³/mol. The van der Waals surface area contributed by atoms with E-state index in [9.17, 15) is 9.59 Å². The van der Waals surface area contributed by atoms with Gasteiger partial charge in [0, 0.05) is 5.56 Å². The van der Waals surface area contributed by atoms with Crippen LogP contribution in [0.1, 0.15) is 34.8 Å². The molecule has 0 atom stereocenters. The van der Waals surface area contributed by atoms with Crippen LogP contribution in [0.15, 0.2) is 52.9 Å². The number of rotatable bonds is 5. The van der Waals surface area contributed by atoms with Gasteiger partial charge in [0.2, 0.25) is 5.76 Å². The number of fused-ring (bicyclic) bond motifs is 1. The van der Waals surface area contributed by atoms with Gasteiger partial charge in [-0.15, -0.1) is 0 Å². The van der Waals surface area contributed by atoms with E-state index in [0.717, 1.165) is 16.7 Å². The van der Waals surface area contributed by atoms with E-state index in [2.05, 4.69) is 0 Å². The zero-order valence-electron chi connectivity index (χ0n) is 14.1. The first-order valence-corrected chi connectivity index (χ1v) is 8.12. The highest BCUT2D eigenvalue weighted by Gasteiger charge is 2.24. The molecule has 0 radical (unpaired) electrons. The molecule has 0 amide bonds. The maximum Gasteiger partial charge on any atom is 0.374 e. The molecular weight excluding hydrogens is 320 g/mol. The minimum absolute atomic E-state index is 0.129. The number of carbonyl (C=O) groups is 2. The van der Waals surface area contributed by atoms with Gasteiger partial charge in [-0.05, 0) is 43.2 Å². The van der Waals surface area contributed by atoms with Crippen molar-refractivity contribution in [3.8, 4) is 22.5 Å². The van der Waals surface area contributed by atoms with Crippen molar-refractivity contribution in [1.29, 1.82) is 0 Å². The van der Waals surface area contributed by atoms with Crippen molar-refractivity contribution >= 4 is 11.9 Å². The quantitative estimate of drug-likeness (QED) is 0.645. The molecule has 0 unspecified atom stereocenters. The number of carbonyl (C=O) groups excluding carboxylic acids is 2. The fourth-order valence-corrected chi connectivity index (χ4v) is 2.69. The number of ether oxygens (including phenoxy) is 2. The van der Waals surface area contributed by atoms with Crippen LogP contribution in [-0.2, 0) is 9.47 Å². The van der Waals surface area contributed by atoms with Crippen LogP contribution in [-0.4, -0.2) is 25.2 Å². The first-order chi connectivity index (χ1) is 12.2. The molecule has 2 aliphatic carbocycles. The third kappa shape index (κ3) is 3.26. The molecule has 0 fully saturated rings. The van der Waals surface area contributed by atoms with Crippen LogP contribution in [0.2, 0.25) is 0 Å². The summed E-state index contributed by atoms with van der Waals surface area (Å²) in [4.78, 5) is 24.1. The van der Waals surface area contributed by atoms with Gasteiger partial charge in [0.1, 0.15) is 5.76 Å². The van der Waals surface area contributed by atoms with Crippen LogP contribution >= 0.6 is 0 Å². The summed E-state index contributed by atoms with van der Waals surface area (Å²) in [5.41, 5.74) is 2.81. The summed E-state index contributed by atoms with van der Waals surface area (Å²) in [5, 5.41) is 0. The summed E-state index contributed by atoms with van der Waals surface area (Å²) in [7, 11) is 0. The zero-order valence-corrected chi connectivity index (χ0v) is 14.1. The molecule has 0 aromatic carbocycles. The van der Waals surface area contributed by atoms with Crippen molar-refractivity contribution in [2.45, 2.75) is 13.8 Å². The Morgan fingerprint density at radius 2 is 1.52 bits per heavy atom. The third-order valence-electron chi connectivity index (χ3n) is 3.75. The lowest BCUT2D eigenvalue weighted by Gasteiger charge is -2.01. The smallest absolute Gasteiger partial charge is 0.374 e. The first-order valence-electron chi connectivity index (χ1n) is 8.12. The highest BCUT2D eigenvalue weighted by Crippen LogP contribution is 2.39. The highest BCUT2D eigenvalue weighted by molar-refractivity contribution is 6.04. The van der Waals surface area contributed by atoms with Gasteiger partial charge in [-0.1, -0.05) is 30.3 Å². The molecular formula is C20H18O5. The van der Waals surface area contributed by atoms with Gasteiger partial charge in [0.15, 0.2) is 0 Å². The van der Waals surface area contributed by atoms with Crippen molar-refractivity contribution in [2.75, 3.05) is 13.2 Å². The van der Waals surface area contributed by atoms with Gasteiger partial charge in [-0.25, -0.2) is 9.59 Å². The van der Waals surface area contributed by atoms with Crippen molar-refractivity contribution in [1.82, 2.24) is 0 Å². The van der Waals surface area contributed by atoms with E-state index in [1.165, 1.54) is 0 Å². The predicted octanol–water partition coefficient (Wildman–Crippen LogP) is 4.40. The summed E-state index contributed by atoms with van der Waals surface area (Å²) in [5.74, 6) is -0.276. The molecule has 25 heavy (non-hydrogen) atoms. The second kappa shape index (κ2) is 7.21. The Bertz CT molecular complexity index is 877. The number of furan rings is 1. The summed E-state index contributed by atoms with van der Waals surface area (Å²) in [6.07, 6.45) is 0. The zero-order chi connectivity index (χ0) is 17.8. The van der Waals surface area contributed by atoms with Gasteiger partial charge in [-0.3, -0.25) is 0 Å². The molecule has 5 heteroatoms. The topological polar surface area (TPSA) is 65.7 Å². The second-order valence-electron chi connectivity index (χ2n) is 5.31. The molecule has 3 rings (SSSR count). The lowest BCUT2D eigenvalue weighted by Crippen LogP contribution is -2.03. The molecule has 0 saturated carbocycles. The first kappa shape index (κ1) is 16.8. The minimum atomic E-state index is -0.513. The summed E-state index contributed by atoms with van der Waals surface area (Å²) in [6, 6.07) is 14.4. The Balaban J connectivity index is 2.08. The van der Waals surface area contributed by atoms with E-state index < -0.39 is 5.97 Å². The SMILES string of the molecule is CCOC(=O)c1ccc(-c2cc(C(=O)OCC)c3cccccc2-3)o1. The van der Waals surface area contributed by atoms with Crippen LogP contribution in [0, 0.1) is 0 Å². The van der Waals surface area contributed by atoms with E-state index in [1.54, 1.807) is 32.0 Å². The molecule has 2 aliphatic rings. The van der Waals surface area contributed by atoms with Crippen molar-refractivity contribution in [2.24, 2.45) is 0 Å². The molecule has 1 heterocycles. The maximum absolute atomic E-state index is 12.3. The molecule has 0 aliphatic heterocycles. The molecule has 0 saturated heterocycles. The number of hydrogen-bond donors (Lipinski definition) is 0. The van der Waals surface area contributed by atoms with Crippen molar-refractivity contribution in [3.05, 3.63) is 59.9 Å². The van der Waals surface area contributed by atoms with E-state index in [0.29, 0.717) is 17.9 Å². The maximum atomic E-state index is 12.3. The Morgan fingerprint density at radius 1 is 0.840 bits per heavy atom. The fourth-order valence-electron chi connectivity index (χ4n) is 2.69. The summed E-state index contributed by atoms with van der Waals surface area (Å²) < 4.78 is 15.7. The Hall–Kier alpha value is -3.08. The molecule has 5 nitrogen and oxygen atoms in total. The van der Waals surface area contributed by atoms with Crippen molar-refractivity contribution in [3.63, 3.8) is 0 Å². The average molecular weight is 338 g/mol. The van der Waals surface area contributed by atoms with E-state index in [-0.39, 0.29) is 18.3 Å². The van der Waals surface area contributed by atoms with Gasteiger partial charge < -0.3 is 13.9 Å². The number of hydrogen-bond acceptors (Lipinski definition) is 5. The van der Waals surface area contributed by atoms with Gasteiger partial charge in [0.25, 0.3) is 0 Å². The van der Waals surface area contributed by atoms with Crippen LogP contribution in [0.4, 0.5) is 0 Å². The largest absolute Gasteiger partial charge is 0.462 e. The van der Waals surface area contributed by atoms with E-state index in [1.807, 2.05) is 30.3 Å². The van der Waals surface area contributed by atoms with Crippen molar-refractivity contribution < 1.29 is 23.5 Å². The number of esters is 2. The monoisotopic (exact) mass is 338 g/mol. The molecule has 1 aromatic heterocycles. The third-order valence-corrected chi connectivity index (χ3v) is 3.75. The van der Waals surface area contributed by atoms with Crippen LogP contribution in [0.25, 0.3) is 22.5 Å². The Kier molecular flexibility index (Phi) is 4.84. The van der Waals surface area contributed by atoms with Gasteiger partial charge in [0.05, 0.1) is 18.8 Å². The minimum Gasteiger partial charge on any atom is -0.462 e.